The number of carbonyl (C=O) groups is 1. The quantitative estimate of drug-likeness (QED) is 0.696. The van der Waals surface area contributed by atoms with E-state index in [-0.39, 0.29) is 11.7 Å². The molecular formula is C24H27FN2O2. The van der Waals surface area contributed by atoms with Crippen molar-refractivity contribution in [3.8, 4) is 11.8 Å². The van der Waals surface area contributed by atoms with Gasteiger partial charge >= 0.3 is 0 Å². The predicted molar refractivity (Wildman–Crippen MR) is 111 cm³/mol. The van der Waals surface area contributed by atoms with Crippen LogP contribution < -0.4 is 10.1 Å². The van der Waals surface area contributed by atoms with Gasteiger partial charge in [-0.05, 0) is 54.7 Å². The van der Waals surface area contributed by atoms with Crippen LogP contribution in [0.25, 0.3) is 0 Å². The highest BCUT2D eigenvalue weighted by Crippen LogP contribution is 2.41. The van der Waals surface area contributed by atoms with E-state index < -0.39 is 5.41 Å². The minimum atomic E-state index is -0.703. The van der Waals surface area contributed by atoms with Crippen LogP contribution in [-0.4, -0.2) is 12.5 Å². The Morgan fingerprint density at radius 1 is 1.17 bits per heavy atom. The van der Waals surface area contributed by atoms with Crippen LogP contribution in [0.5, 0.6) is 5.75 Å². The van der Waals surface area contributed by atoms with Crippen LogP contribution in [-0.2, 0) is 10.2 Å². The number of hydrogen-bond acceptors (Lipinski definition) is 3. The van der Waals surface area contributed by atoms with Crippen molar-refractivity contribution in [1.29, 1.82) is 5.26 Å². The normalized spacial score (nSPS) is 15.6. The molecule has 2 aromatic carbocycles. The van der Waals surface area contributed by atoms with Gasteiger partial charge in [0.05, 0.1) is 23.3 Å². The summed E-state index contributed by atoms with van der Waals surface area (Å²) in [6.45, 7) is 4.67. The molecule has 5 heteroatoms. The molecule has 3 rings (SSSR count). The van der Waals surface area contributed by atoms with Crippen molar-refractivity contribution in [3.05, 3.63) is 59.4 Å². The van der Waals surface area contributed by atoms with Gasteiger partial charge in [-0.25, -0.2) is 4.39 Å². The second-order valence-electron chi connectivity index (χ2n) is 8.13. The molecule has 1 aliphatic rings. The van der Waals surface area contributed by atoms with Crippen molar-refractivity contribution in [2.75, 3.05) is 11.9 Å². The van der Waals surface area contributed by atoms with Crippen LogP contribution >= 0.6 is 0 Å². The molecule has 1 N–H and O–H groups in total. The highest BCUT2D eigenvalue weighted by molar-refractivity contribution is 6.00. The molecule has 0 saturated heterocycles. The second kappa shape index (κ2) is 9.09. The first-order valence-corrected chi connectivity index (χ1v) is 10.2. The smallest absolute Gasteiger partial charge is 0.235 e. The molecule has 1 saturated carbocycles. The number of anilines is 1. The SMILES string of the molecule is CC(C)COc1ccc(NC(=O)C2(c3ccc(F)cc3)CCCCC2)c(C#N)c1. The van der Waals surface area contributed by atoms with Crippen LogP contribution in [0.1, 0.15) is 57.1 Å². The van der Waals surface area contributed by atoms with Gasteiger partial charge in [-0.3, -0.25) is 4.79 Å². The third-order valence-electron chi connectivity index (χ3n) is 5.48. The molecule has 1 amide bonds. The number of amides is 1. The molecule has 0 radical (unpaired) electrons. The van der Waals surface area contributed by atoms with Gasteiger partial charge in [0.2, 0.25) is 5.91 Å². The van der Waals surface area contributed by atoms with Gasteiger partial charge in [0.15, 0.2) is 0 Å². The lowest BCUT2D eigenvalue weighted by Gasteiger charge is -2.36. The molecule has 0 bridgehead atoms. The van der Waals surface area contributed by atoms with Gasteiger partial charge in [-0.1, -0.05) is 45.2 Å². The van der Waals surface area contributed by atoms with Crippen LogP contribution in [0, 0.1) is 23.1 Å². The minimum Gasteiger partial charge on any atom is -0.493 e. The molecule has 0 heterocycles. The Kier molecular flexibility index (Phi) is 6.53. The van der Waals surface area contributed by atoms with E-state index in [1.807, 2.05) is 0 Å². The summed E-state index contributed by atoms with van der Waals surface area (Å²) >= 11 is 0. The van der Waals surface area contributed by atoms with Gasteiger partial charge in [-0.2, -0.15) is 5.26 Å². The molecule has 0 aromatic heterocycles. The van der Waals surface area contributed by atoms with Gasteiger partial charge in [0, 0.05) is 0 Å². The molecule has 1 aliphatic carbocycles. The van der Waals surface area contributed by atoms with E-state index in [2.05, 4.69) is 25.2 Å². The molecule has 0 atom stereocenters. The molecule has 0 unspecified atom stereocenters. The molecule has 1 fully saturated rings. The number of carbonyl (C=O) groups excluding carboxylic acids is 1. The number of ether oxygens (including phenoxy) is 1. The lowest BCUT2D eigenvalue weighted by Crippen LogP contribution is -2.42. The van der Waals surface area contributed by atoms with E-state index in [1.54, 1.807) is 30.3 Å². The van der Waals surface area contributed by atoms with E-state index in [0.717, 1.165) is 24.8 Å². The van der Waals surface area contributed by atoms with Crippen molar-refractivity contribution in [2.24, 2.45) is 5.92 Å². The Balaban J connectivity index is 1.86. The summed E-state index contributed by atoms with van der Waals surface area (Å²) in [5.41, 5.74) is 0.962. The summed E-state index contributed by atoms with van der Waals surface area (Å²) in [6.07, 6.45) is 4.39. The van der Waals surface area contributed by atoms with E-state index in [9.17, 15) is 14.4 Å². The fraction of sp³-hybridized carbons (Fsp3) is 0.417. The van der Waals surface area contributed by atoms with Crippen LogP contribution in [0.4, 0.5) is 10.1 Å². The zero-order valence-corrected chi connectivity index (χ0v) is 17.0. The highest BCUT2D eigenvalue weighted by atomic mass is 19.1. The number of rotatable bonds is 6. The van der Waals surface area contributed by atoms with E-state index in [1.165, 1.54) is 12.1 Å². The average Bonchev–Trinajstić information content (AvgIpc) is 2.73. The van der Waals surface area contributed by atoms with Crippen LogP contribution in [0.3, 0.4) is 0 Å². The van der Waals surface area contributed by atoms with Crippen molar-refractivity contribution < 1.29 is 13.9 Å². The Hall–Kier alpha value is -2.87. The molecular weight excluding hydrogens is 367 g/mol. The largest absolute Gasteiger partial charge is 0.493 e. The maximum Gasteiger partial charge on any atom is 0.235 e. The average molecular weight is 394 g/mol. The predicted octanol–water partition coefficient (Wildman–Crippen LogP) is 5.57. The van der Waals surface area contributed by atoms with Crippen molar-refractivity contribution in [2.45, 2.75) is 51.4 Å². The number of nitrogens with zero attached hydrogens (tertiary/aromatic N) is 1. The van der Waals surface area contributed by atoms with E-state index in [4.69, 9.17) is 4.74 Å². The number of halogens is 1. The monoisotopic (exact) mass is 394 g/mol. The summed E-state index contributed by atoms with van der Waals surface area (Å²) < 4.78 is 19.1. The van der Waals surface area contributed by atoms with E-state index in [0.29, 0.717) is 42.4 Å². The summed E-state index contributed by atoms with van der Waals surface area (Å²) in [5.74, 6) is 0.529. The van der Waals surface area contributed by atoms with Crippen molar-refractivity contribution in [1.82, 2.24) is 0 Å². The van der Waals surface area contributed by atoms with Crippen molar-refractivity contribution >= 4 is 11.6 Å². The van der Waals surface area contributed by atoms with E-state index >= 15 is 0 Å². The van der Waals surface area contributed by atoms with Crippen LogP contribution in [0.15, 0.2) is 42.5 Å². The summed E-state index contributed by atoms with van der Waals surface area (Å²) in [4.78, 5) is 13.4. The third-order valence-corrected chi connectivity index (χ3v) is 5.48. The summed E-state index contributed by atoms with van der Waals surface area (Å²) in [7, 11) is 0. The molecule has 29 heavy (non-hydrogen) atoms. The van der Waals surface area contributed by atoms with Gasteiger partial charge in [0.1, 0.15) is 17.6 Å². The first-order chi connectivity index (χ1) is 13.9. The lowest BCUT2D eigenvalue weighted by molar-refractivity contribution is -0.122. The topological polar surface area (TPSA) is 62.1 Å². The van der Waals surface area contributed by atoms with Gasteiger partial charge in [0.25, 0.3) is 0 Å². The fourth-order valence-corrected chi connectivity index (χ4v) is 3.89. The van der Waals surface area contributed by atoms with Gasteiger partial charge in [-0.15, -0.1) is 0 Å². The maximum atomic E-state index is 13.4. The summed E-state index contributed by atoms with van der Waals surface area (Å²) in [6, 6.07) is 13.5. The standard InChI is InChI=1S/C24H27FN2O2/c1-17(2)16-29-21-10-11-22(18(14-21)15-26)27-23(28)24(12-4-3-5-13-24)19-6-8-20(25)9-7-19/h6-11,14,17H,3-5,12-13,16H2,1-2H3,(H,27,28). The maximum absolute atomic E-state index is 13.4. The third kappa shape index (κ3) is 4.76. The number of hydrogen-bond donors (Lipinski definition) is 1. The zero-order valence-electron chi connectivity index (χ0n) is 17.0. The van der Waals surface area contributed by atoms with Gasteiger partial charge < -0.3 is 10.1 Å². The molecule has 0 aliphatic heterocycles. The molecule has 2 aromatic rings. The molecule has 4 nitrogen and oxygen atoms in total. The Labute approximate surface area is 171 Å². The minimum absolute atomic E-state index is 0.142. The lowest BCUT2D eigenvalue weighted by atomic mass is 9.68. The molecule has 0 spiro atoms. The first kappa shape index (κ1) is 20.9. The zero-order chi connectivity index (χ0) is 20.9. The molecule has 152 valence electrons. The first-order valence-electron chi connectivity index (χ1n) is 10.2. The van der Waals surface area contributed by atoms with Crippen molar-refractivity contribution in [3.63, 3.8) is 0 Å². The number of benzene rings is 2. The highest BCUT2D eigenvalue weighted by Gasteiger charge is 2.41. The van der Waals surface area contributed by atoms with Crippen LogP contribution in [0.2, 0.25) is 0 Å². The number of nitrogens with one attached hydrogen (secondary N) is 1. The Morgan fingerprint density at radius 3 is 2.48 bits per heavy atom. The number of nitriles is 1. The Morgan fingerprint density at radius 2 is 1.86 bits per heavy atom. The second-order valence-corrected chi connectivity index (χ2v) is 8.13. The fourth-order valence-electron chi connectivity index (χ4n) is 3.89. The Bertz CT molecular complexity index is 894. The summed E-state index contributed by atoms with van der Waals surface area (Å²) in [5, 5.41) is 12.5.